The van der Waals surface area contributed by atoms with Crippen LogP contribution in [0.3, 0.4) is 0 Å². The molecule has 0 saturated carbocycles. The molecule has 0 spiro atoms. The highest BCUT2D eigenvalue weighted by atomic mass is 35.5. The van der Waals surface area contributed by atoms with Crippen LogP contribution in [-0.2, 0) is 4.79 Å². The van der Waals surface area contributed by atoms with Crippen molar-refractivity contribution in [1.29, 1.82) is 0 Å². The zero-order valence-corrected chi connectivity index (χ0v) is 11.8. The molecule has 0 saturated heterocycles. The van der Waals surface area contributed by atoms with Gasteiger partial charge in [0.05, 0.1) is 6.04 Å². The van der Waals surface area contributed by atoms with Gasteiger partial charge in [-0.1, -0.05) is 34.1 Å². The van der Waals surface area contributed by atoms with Gasteiger partial charge in [-0.05, 0) is 24.7 Å². The van der Waals surface area contributed by atoms with Crippen LogP contribution in [0.1, 0.15) is 47.0 Å². The van der Waals surface area contributed by atoms with Gasteiger partial charge in [0.1, 0.15) is 0 Å². The van der Waals surface area contributed by atoms with Crippen LogP contribution < -0.4 is 11.1 Å². The normalized spacial score (nSPS) is 14.1. The lowest BCUT2D eigenvalue weighted by Gasteiger charge is -2.17. The quantitative estimate of drug-likeness (QED) is 0.682. The van der Waals surface area contributed by atoms with E-state index in [1.54, 1.807) is 0 Å². The SMILES string of the molecule is CCC(C)C(N)C(=O)NCCCC(C)C.Cl. The Morgan fingerprint density at radius 1 is 1.31 bits per heavy atom. The molecule has 2 atom stereocenters. The summed E-state index contributed by atoms with van der Waals surface area (Å²) in [4.78, 5) is 11.6. The van der Waals surface area contributed by atoms with E-state index in [0.29, 0.717) is 5.92 Å². The van der Waals surface area contributed by atoms with Crippen LogP contribution in [0.25, 0.3) is 0 Å². The van der Waals surface area contributed by atoms with Crippen LogP contribution in [0.5, 0.6) is 0 Å². The number of hydrogen-bond acceptors (Lipinski definition) is 2. The molecule has 0 aromatic heterocycles. The Bertz CT molecular complexity index is 186. The summed E-state index contributed by atoms with van der Waals surface area (Å²) in [5, 5.41) is 2.89. The van der Waals surface area contributed by atoms with E-state index in [1.165, 1.54) is 0 Å². The molecule has 0 rings (SSSR count). The minimum Gasteiger partial charge on any atom is -0.355 e. The van der Waals surface area contributed by atoms with Crippen molar-refractivity contribution in [2.45, 2.75) is 53.0 Å². The van der Waals surface area contributed by atoms with Gasteiger partial charge in [0.2, 0.25) is 5.91 Å². The molecular formula is C12H27ClN2O. The Labute approximate surface area is 106 Å². The van der Waals surface area contributed by atoms with Crippen LogP contribution in [0.4, 0.5) is 0 Å². The molecule has 0 aliphatic carbocycles. The Morgan fingerprint density at radius 3 is 2.31 bits per heavy atom. The average Bonchev–Trinajstić information content (AvgIpc) is 2.21. The van der Waals surface area contributed by atoms with Gasteiger partial charge in [-0.3, -0.25) is 4.79 Å². The van der Waals surface area contributed by atoms with E-state index in [0.717, 1.165) is 25.8 Å². The monoisotopic (exact) mass is 250 g/mol. The third kappa shape index (κ3) is 7.94. The van der Waals surface area contributed by atoms with Gasteiger partial charge < -0.3 is 11.1 Å². The number of hydrogen-bond donors (Lipinski definition) is 2. The first-order chi connectivity index (χ1) is 6.99. The Kier molecular flexibility index (Phi) is 11.2. The summed E-state index contributed by atoms with van der Waals surface area (Å²) in [6.07, 6.45) is 3.13. The summed E-state index contributed by atoms with van der Waals surface area (Å²) in [5.41, 5.74) is 5.80. The Morgan fingerprint density at radius 2 is 1.88 bits per heavy atom. The Hall–Kier alpha value is -0.280. The zero-order chi connectivity index (χ0) is 11.8. The lowest BCUT2D eigenvalue weighted by molar-refractivity contribution is -0.123. The van der Waals surface area contributed by atoms with Gasteiger partial charge in [0, 0.05) is 6.54 Å². The molecule has 0 radical (unpaired) electrons. The summed E-state index contributed by atoms with van der Waals surface area (Å²) in [6.45, 7) is 9.19. The predicted octanol–water partition coefficient (Wildman–Crippen LogP) is 2.33. The van der Waals surface area contributed by atoms with Crippen molar-refractivity contribution >= 4 is 18.3 Å². The second-order valence-electron chi connectivity index (χ2n) is 4.74. The van der Waals surface area contributed by atoms with Crippen LogP contribution in [0.15, 0.2) is 0 Å². The van der Waals surface area contributed by atoms with Crippen LogP contribution in [0.2, 0.25) is 0 Å². The number of amides is 1. The van der Waals surface area contributed by atoms with E-state index >= 15 is 0 Å². The van der Waals surface area contributed by atoms with E-state index in [1.807, 2.05) is 6.92 Å². The molecule has 98 valence electrons. The van der Waals surface area contributed by atoms with Gasteiger partial charge in [-0.2, -0.15) is 0 Å². The summed E-state index contributed by atoms with van der Waals surface area (Å²) in [5.74, 6) is 0.952. The van der Waals surface area contributed by atoms with E-state index in [-0.39, 0.29) is 30.3 Å². The van der Waals surface area contributed by atoms with Crippen LogP contribution in [-0.4, -0.2) is 18.5 Å². The van der Waals surface area contributed by atoms with Crippen molar-refractivity contribution < 1.29 is 4.79 Å². The summed E-state index contributed by atoms with van der Waals surface area (Å²) in [6, 6.07) is -0.353. The van der Waals surface area contributed by atoms with Crippen molar-refractivity contribution in [3.05, 3.63) is 0 Å². The lowest BCUT2D eigenvalue weighted by Crippen LogP contribution is -2.44. The molecule has 2 unspecified atom stereocenters. The van der Waals surface area contributed by atoms with Crippen molar-refractivity contribution in [1.82, 2.24) is 5.32 Å². The fourth-order valence-electron chi connectivity index (χ4n) is 1.35. The van der Waals surface area contributed by atoms with Crippen LogP contribution in [0, 0.1) is 11.8 Å². The van der Waals surface area contributed by atoms with Gasteiger partial charge in [-0.15, -0.1) is 12.4 Å². The highest BCUT2D eigenvalue weighted by Gasteiger charge is 2.18. The first kappa shape index (κ1) is 18.1. The highest BCUT2D eigenvalue weighted by Crippen LogP contribution is 2.05. The second kappa shape index (κ2) is 9.91. The van der Waals surface area contributed by atoms with Crippen LogP contribution >= 0.6 is 12.4 Å². The van der Waals surface area contributed by atoms with Crippen molar-refractivity contribution in [2.75, 3.05) is 6.54 Å². The molecule has 16 heavy (non-hydrogen) atoms. The second-order valence-corrected chi connectivity index (χ2v) is 4.74. The van der Waals surface area contributed by atoms with Gasteiger partial charge >= 0.3 is 0 Å². The summed E-state index contributed by atoms with van der Waals surface area (Å²) in [7, 11) is 0. The van der Waals surface area contributed by atoms with E-state index in [2.05, 4.69) is 26.1 Å². The maximum Gasteiger partial charge on any atom is 0.237 e. The maximum absolute atomic E-state index is 11.6. The third-order valence-electron chi connectivity index (χ3n) is 2.82. The first-order valence-corrected chi connectivity index (χ1v) is 6.02. The summed E-state index contributed by atoms with van der Waals surface area (Å²) < 4.78 is 0. The molecule has 0 aliphatic rings. The number of halogens is 1. The minimum atomic E-state index is -0.353. The maximum atomic E-state index is 11.6. The number of nitrogens with two attached hydrogens (primary N) is 1. The van der Waals surface area contributed by atoms with Gasteiger partial charge in [0.15, 0.2) is 0 Å². The van der Waals surface area contributed by atoms with Gasteiger partial charge in [-0.25, -0.2) is 0 Å². The molecule has 3 N–H and O–H groups in total. The number of nitrogens with one attached hydrogen (secondary N) is 1. The fourth-order valence-corrected chi connectivity index (χ4v) is 1.35. The lowest BCUT2D eigenvalue weighted by atomic mass is 9.99. The van der Waals surface area contributed by atoms with Gasteiger partial charge in [0.25, 0.3) is 0 Å². The van der Waals surface area contributed by atoms with Crippen molar-refractivity contribution in [3.8, 4) is 0 Å². The van der Waals surface area contributed by atoms with E-state index < -0.39 is 0 Å². The first-order valence-electron chi connectivity index (χ1n) is 6.02. The topological polar surface area (TPSA) is 55.1 Å². The molecule has 4 heteroatoms. The molecule has 3 nitrogen and oxygen atoms in total. The highest BCUT2D eigenvalue weighted by molar-refractivity contribution is 5.85. The Balaban J connectivity index is 0. The largest absolute Gasteiger partial charge is 0.355 e. The fraction of sp³-hybridized carbons (Fsp3) is 0.917. The molecule has 0 bridgehead atoms. The van der Waals surface area contributed by atoms with E-state index in [9.17, 15) is 4.79 Å². The smallest absolute Gasteiger partial charge is 0.237 e. The zero-order valence-electron chi connectivity index (χ0n) is 11.0. The molecule has 0 aromatic rings. The molecule has 0 heterocycles. The molecule has 0 aromatic carbocycles. The van der Waals surface area contributed by atoms with Crippen molar-refractivity contribution in [2.24, 2.45) is 17.6 Å². The number of rotatable bonds is 7. The molecule has 1 amide bonds. The molecule has 0 aliphatic heterocycles. The summed E-state index contributed by atoms with van der Waals surface area (Å²) >= 11 is 0. The minimum absolute atomic E-state index is 0. The third-order valence-corrected chi connectivity index (χ3v) is 2.82. The predicted molar refractivity (Wildman–Crippen MR) is 71.8 cm³/mol. The molecular weight excluding hydrogens is 224 g/mol. The number of carbonyl (C=O) groups is 1. The standard InChI is InChI=1S/C12H26N2O.ClH/c1-5-10(4)11(13)12(15)14-8-6-7-9(2)3;/h9-11H,5-8,13H2,1-4H3,(H,14,15);1H. The van der Waals surface area contributed by atoms with Crippen molar-refractivity contribution in [3.63, 3.8) is 0 Å². The molecule has 0 fully saturated rings. The number of carbonyl (C=O) groups excluding carboxylic acids is 1. The van der Waals surface area contributed by atoms with E-state index in [4.69, 9.17) is 5.73 Å². The average molecular weight is 251 g/mol.